The molecule has 1 atom stereocenters. The molecule has 1 unspecified atom stereocenters. The van der Waals surface area contributed by atoms with Crippen LogP contribution in [0.3, 0.4) is 0 Å². The van der Waals surface area contributed by atoms with Gasteiger partial charge in [0.15, 0.2) is 16.9 Å². The molecule has 0 bridgehead atoms. The number of aromatic nitrogens is 4. The van der Waals surface area contributed by atoms with Gasteiger partial charge in [0.25, 0.3) is 0 Å². The van der Waals surface area contributed by atoms with E-state index in [4.69, 9.17) is 0 Å². The first-order chi connectivity index (χ1) is 11.7. The van der Waals surface area contributed by atoms with Gasteiger partial charge in [0, 0.05) is 29.5 Å². The van der Waals surface area contributed by atoms with Crippen LogP contribution in [0, 0.1) is 0 Å². The highest BCUT2D eigenvalue weighted by molar-refractivity contribution is 9.10. The monoisotopic (exact) mass is 452 g/mol. The van der Waals surface area contributed by atoms with E-state index in [9.17, 15) is 21.9 Å². The molecule has 25 heavy (non-hydrogen) atoms. The number of imidazole rings is 1. The lowest BCUT2D eigenvalue weighted by Crippen LogP contribution is -2.01. The van der Waals surface area contributed by atoms with Gasteiger partial charge in [-0.15, -0.1) is 0 Å². The molecule has 132 valence electrons. The summed E-state index contributed by atoms with van der Waals surface area (Å²) in [5, 5.41) is -0.237. The molecule has 0 radical (unpaired) electrons. The number of aryl methyl sites for hydroxylation is 1. The minimum Gasteiger partial charge on any atom is -0.324 e. The summed E-state index contributed by atoms with van der Waals surface area (Å²) in [7, 11) is 1.62. The number of nitrogens with zero attached hydrogens (tertiary/aromatic N) is 4. The van der Waals surface area contributed by atoms with E-state index < -0.39 is 16.6 Å². The first-order valence-corrected chi connectivity index (χ1v) is 9.22. The lowest BCUT2D eigenvalue weighted by molar-refractivity contribution is -0.0329. The van der Waals surface area contributed by atoms with Crippen LogP contribution >= 0.6 is 27.7 Å². The van der Waals surface area contributed by atoms with Gasteiger partial charge in [-0.05, 0) is 28.1 Å². The quantitative estimate of drug-likeness (QED) is 0.478. The molecule has 0 aliphatic rings. The Morgan fingerprint density at radius 1 is 1.28 bits per heavy atom. The van der Waals surface area contributed by atoms with Crippen LogP contribution in [0.2, 0.25) is 0 Å². The SMILES string of the molecule is Cn1c(-c2ncc(Br)cc2S(=O)O)nc2cc(SC(F)(F)F)ncc21. The van der Waals surface area contributed by atoms with Crippen molar-refractivity contribution >= 4 is 49.8 Å². The molecule has 12 heteroatoms. The Balaban J connectivity index is 2.15. The number of hydrogen-bond acceptors (Lipinski definition) is 5. The standard InChI is InChI=1S/C13H8BrF3N4O2S2/c1-21-8-5-18-10(24-13(15,16)17)3-7(8)20-12(21)11-9(25(22)23)2-6(14)4-19-11/h2-5H,1H3,(H,22,23). The van der Waals surface area contributed by atoms with Gasteiger partial charge in [-0.3, -0.25) is 4.98 Å². The van der Waals surface area contributed by atoms with E-state index in [-0.39, 0.29) is 38.7 Å². The number of fused-ring (bicyclic) bond motifs is 1. The molecular formula is C13H8BrF3N4O2S2. The molecule has 0 aromatic carbocycles. The van der Waals surface area contributed by atoms with Crippen molar-refractivity contribution in [1.82, 2.24) is 19.5 Å². The van der Waals surface area contributed by atoms with Crippen LogP contribution < -0.4 is 0 Å². The van der Waals surface area contributed by atoms with E-state index in [0.29, 0.717) is 9.99 Å². The molecule has 0 saturated heterocycles. The minimum atomic E-state index is -4.45. The molecule has 0 saturated carbocycles. The van der Waals surface area contributed by atoms with E-state index >= 15 is 0 Å². The van der Waals surface area contributed by atoms with Crippen LogP contribution in [0.1, 0.15) is 0 Å². The molecule has 1 N–H and O–H groups in total. The zero-order chi connectivity index (χ0) is 18.4. The Morgan fingerprint density at radius 3 is 2.64 bits per heavy atom. The van der Waals surface area contributed by atoms with Crippen LogP contribution in [-0.4, -0.2) is 33.8 Å². The summed E-state index contributed by atoms with van der Waals surface area (Å²) in [6, 6.07) is 2.65. The van der Waals surface area contributed by atoms with Crippen molar-refractivity contribution in [2.75, 3.05) is 0 Å². The highest BCUT2D eigenvalue weighted by Crippen LogP contribution is 2.37. The number of pyridine rings is 2. The van der Waals surface area contributed by atoms with Gasteiger partial charge in [0.1, 0.15) is 10.7 Å². The number of thioether (sulfide) groups is 1. The van der Waals surface area contributed by atoms with Crippen LogP contribution in [0.4, 0.5) is 13.2 Å². The van der Waals surface area contributed by atoms with Crippen molar-refractivity contribution in [3.05, 3.63) is 29.0 Å². The average molecular weight is 453 g/mol. The van der Waals surface area contributed by atoms with E-state index in [1.54, 1.807) is 11.6 Å². The highest BCUT2D eigenvalue weighted by Gasteiger charge is 2.30. The molecule has 3 rings (SSSR count). The van der Waals surface area contributed by atoms with Gasteiger partial charge in [0.2, 0.25) is 0 Å². The second-order valence-electron chi connectivity index (χ2n) is 4.80. The molecule has 0 amide bonds. The van der Waals surface area contributed by atoms with E-state index in [2.05, 4.69) is 30.9 Å². The largest absolute Gasteiger partial charge is 0.447 e. The third-order valence-electron chi connectivity index (χ3n) is 3.18. The fourth-order valence-corrected chi connectivity index (χ4v) is 3.71. The van der Waals surface area contributed by atoms with Gasteiger partial charge in [0.05, 0.1) is 22.1 Å². The van der Waals surface area contributed by atoms with Gasteiger partial charge in [-0.2, -0.15) is 13.2 Å². The van der Waals surface area contributed by atoms with Gasteiger partial charge in [-0.25, -0.2) is 14.2 Å². The fraction of sp³-hybridized carbons (Fsp3) is 0.154. The summed E-state index contributed by atoms with van der Waals surface area (Å²) in [6.07, 6.45) is 2.71. The molecule has 6 nitrogen and oxygen atoms in total. The Kier molecular flexibility index (Phi) is 4.88. The summed E-state index contributed by atoms with van der Waals surface area (Å²) in [5.41, 5.74) is -3.54. The molecule has 0 aliphatic carbocycles. The molecule has 0 spiro atoms. The van der Waals surface area contributed by atoms with Crippen molar-refractivity contribution in [3.8, 4) is 11.5 Å². The maximum Gasteiger partial charge on any atom is 0.447 e. The predicted molar refractivity (Wildman–Crippen MR) is 90.4 cm³/mol. The van der Waals surface area contributed by atoms with Crippen LogP contribution in [0.25, 0.3) is 22.6 Å². The van der Waals surface area contributed by atoms with Gasteiger partial charge in [-0.1, -0.05) is 0 Å². The fourth-order valence-electron chi connectivity index (χ4n) is 2.18. The smallest absolute Gasteiger partial charge is 0.324 e. The summed E-state index contributed by atoms with van der Waals surface area (Å²) in [5.74, 6) is 0.246. The Morgan fingerprint density at radius 2 is 2.00 bits per heavy atom. The summed E-state index contributed by atoms with van der Waals surface area (Å²) < 4.78 is 60.6. The minimum absolute atomic E-state index is 0.0330. The lowest BCUT2D eigenvalue weighted by atomic mass is 10.3. The van der Waals surface area contributed by atoms with Crippen LogP contribution in [0.5, 0.6) is 0 Å². The van der Waals surface area contributed by atoms with E-state index in [1.807, 2.05) is 0 Å². The Labute approximate surface area is 154 Å². The maximum absolute atomic E-state index is 12.5. The average Bonchev–Trinajstić information content (AvgIpc) is 2.82. The Hall–Kier alpha value is -1.50. The zero-order valence-electron chi connectivity index (χ0n) is 12.3. The molecule has 0 fully saturated rings. The van der Waals surface area contributed by atoms with E-state index in [0.717, 1.165) is 0 Å². The van der Waals surface area contributed by atoms with Crippen molar-refractivity contribution in [2.24, 2.45) is 7.05 Å². The number of rotatable bonds is 3. The second-order valence-corrected chi connectivity index (χ2v) is 7.74. The third kappa shape index (κ3) is 3.86. The van der Waals surface area contributed by atoms with Crippen LogP contribution in [-0.2, 0) is 18.1 Å². The predicted octanol–water partition coefficient (Wildman–Crippen LogP) is 3.99. The molecule has 0 aliphatic heterocycles. The summed E-state index contributed by atoms with van der Waals surface area (Å²) >= 11 is 0.526. The van der Waals surface area contributed by atoms with Crippen molar-refractivity contribution < 1.29 is 21.9 Å². The van der Waals surface area contributed by atoms with Gasteiger partial charge < -0.3 is 9.12 Å². The lowest BCUT2D eigenvalue weighted by Gasteiger charge is -2.06. The maximum atomic E-state index is 12.5. The van der Waals surface area contributed by atoms with Gasteiger partial charge >= 0.3 is 5.51 Å². The van der Waals surface area contributed by atoms with Crippen molar-refractivity contribution in [3.63, 3.8) is 0 Å². The third-order valence-corrected chi connectivity index (χ3v) is 4.97. The topological polar surface area (TPSA) is 80.9 Å². The second kappa shape index (κ2) is 6.67. The molecule has 3 aromatic heterocycles. The first-order valence-electron chi connectivity index (χ1n) is 6.50. The van der Waals surface area contributed by atoms with E-state index in [1.165, 1.54) is 24.5 Å². The number of halogens is 4. The summed E-state index contributed by atoms with van der Waals surface area (Å²) in [6.45, 7) is 0. The summed E-state index contributed by atoms with van der Waals surface area (Å²) in [4.78, 5) is 12.2. The zero-order valence-corrected chi connectivity index (χ0v) is 15.5. The van der Waals surface area contributed by atoms with Crippen molar-refractivity contribution in [2.45, 2.75) is 15.4 Å². The first kappa shape index (κ1) is 18.3. The molecular weight excluding hydrogens is 445 g/mol. The Bertz CT molecular complexity index is 993. The molecule has 3 aromatic rings. The van der Waals surface area contributed by atoms with Crippen LogP contribution in [0.15, 0.2) is 38.9 Å². The normalized spacial score (nSPS) is 13.4. The van der Waals surface area contributed by atoms with Crippen molar-refractivity contribution in [1.29, 1.82) is 0 Å². The number of hydrogen-bond donors (Lipinski definition) is 1. The number of alkyl halides is 3. The molecule has 3 heterocycles. The highest BCUT2D eigenvalue weighted by atomic mass is 79.9.